The van der Waals surface area contributed by atoms with Crippen molar-refractivity contribution >= 4 is 19.8 Å². The van der Waals surface area contributed by atoms with E-state index in [-0.39, 0.29) is 32.0 Å². The molecule has 0 radical (unpaired) electrons. The number of unbranched alkanes of at least 4 members (excludes halogenated alkanes) is 30. The van der Waals surface area contributed by atoms with Crippen LogP contribution in [0.4, 0.5) is 0 Å². The van der Waals surface area contributed by atoms with Crippen LogP contribution in [-0.4, -0.2) is 70.0 Å². The molecule has 0 N–H and O–H groups in total. The summed E-state index contributed by atoms with van der Waals surface area (Å²) in [5.41, 5.74) is 0. The molecule has 0 aromatic heterocycles. The summed E-state index contributed by atoms with van der Waals surface area (Å²) in [5.74, 6) is -0.832. The summed E-state index contributed by atoms with van der Waals surface area (Å²) in [5, 5.41) is 0. The van der Waals surface area contributed by atoms with Crippen molar-refractivity contribution in [2.45, 2.75) is 251 Å². The van der Waals surface area contributed by atoms with E-state index in [0.29, 0.717) is 17.4 Å². The summed E-state index contributed by atoms with van der Waals surface area (Å²) < 4.78 is 34.1. The van der Waals surface area contributed by atoms with E-state index in [1.807, 2.05) is 21.1 Å². The zero-order valence-electron chi connectivity index (χ0n) is 41.3. The molecule has 0 saturated carbocycles. The lowest BCUT2D eigenvalue weighted by Gasteiger charge is -2.28. The fourth-order valence-electron chi connectivity index (χ4n) is 7.35. The highest BCUT2D eigenvalue weighted by atomic mass is 31.2. The first-order valence-electron chi connectivity index (χ1n) is 26.0. The number of rotatable bonds is 48. The van der Waals surface area contributed by atoms with Gasteiger partial charge in [-0.15, -0.1) is 0 Å². The minimum Gasteiger partial charge on any atom is -0.756 e. The van der Waals surface area contributed by atoms with Gasteiger partial charge in [-0.25, -0.2) is 0 Å². The van der Waals surface area contributed by atoms with Crippen molar-refractivity contribution < 1.29 is 42.1 Å². The summed E-state index contributed by atoms with van der Waals surface area (Å²) in [4.78, 5) is 37.7. The minimum atomic E-state index is -4.63. The van der Waals surface area contributed by atoms with Crippen LogP contribution >= 0.6 is 7.82 Å². The standard InChI is InChI=1S/C52H100NO8P/c1-6-8-10-12-14-16-18-20-22-24-25-26-27-29-31-33-35-37-39-41-43-45-52(55)61-50(49-60-62(56,57)59-47-46-53(3,4)5)48-58-51(54)44-42-40-38-36-34-32-30-28-23-21-19-17-15-13-11-9-7-2/h21,23-25,50H,6-20,22,26-49H2,1-5H3/b23-21-,25-24-. The molecule has 0 heterocycles. The lowest BCUT2D eigenvalue weighted by molar-refractivity contribution is -0.870. The van der Waals surface area contributed by atoms with Crippen LogP contribution in [0, 0.1) is 0 Å². The van der Waals surface area contributed by atoms with Gasteiger partial charge in [-0.1, -0.05) is 192 Å². The Morgan fingerprint density at radius 1 is 0.484 bits per heavy atom. The molecule has 2 atom stereocenters. The second kappa shape index (κ2) is 44.7. The Bertz CT molecular complexity index is 1110. The zero-order valence-corrected chi connectivity index (χ0v) is 42.2. The molecule has 0 aliphatic rings. The molecule has 0 bridgehead atoms. The Morgan fingerprint density at radius 3 is 1.19 bits per heavy atom. The molecular formula is C52H100NO8P. The molecule has 0 rings (SSSR count). The normalized spacial score (nSPS) is 13.6. The highest BCUT2D eigenvalue weighted by Gasteiger charge is 2.21. The molecule has 2 unspecified atom stereocenters. The van der Waals surface area contributed by atoms with Crippen molar-refractivity contribution in [3.8, 4) is 0 Å². The maximum absolute atomic E-state index is 12.7. The van der Waals surface area contributed by atoms with Gasteiger partial charge in [0.2, 0.25) is 0 Å². The first-order valence-corrected chi connectivity index (χ1v) is 27.5. The Kier molecular flexibility index (Phi) is 43.6. The maximum atomic E-state index is 12.7. The van der Waals surface area contributed by atoms with E-state index in [2.05, 4.69) is 38.2 Å². The van der Waals surface area contributed by atoms with Crippen LogP contribution in [-0.2, 0) is 32.7 Å². The predicted molar refractivity (Wildman–Crippen MR) is 259 cm³/mol. The number of phosphoric acid groups is 1. The van der Waals surface area contributed by atoms with Crippen LogP contribution in [0.15, 0.2) is 24.3 Å². The number of hydrogen-bond donors (Lipinski definition) is 0. The van der Waals surface area contributed by atoms with Crippen LogP contribution in [0.25, 0.3) is 0 Å². The van der Waals surface area contributed by atoms with Gasteiger partial charge in [0.1, 0.15) is 19.8 Å². The van der Waals surface area contributed by atoms with Crippen molar-refractivity contribution in [1.82, 2.24) is 0 Å². The summed E-state index contributed by atoms with van der Waals surface area (Å²) >= 11 is 0. The van der Waals surface area contributed by atoms with Crippen LogP contribution in [0.5, 0.6) is 0 Å². The SMILES string of the molecule is CCCCCCCC/C=C\CCCCCCCCCC(=O)OCC(COP(=O)([O-])OCC[N+](C)(C)C)OC(=O)CCCCCCCCCCC/C=C\CCCCCCCCCC. The molecule has 10 heteroatoms. The molecule has 0 aliphatic carbocycles. The Morgan fingerprint density at radius 2 is 0.823 bits per heavy atom. The zero-order chi connectivity index (χ0) is 45.7. The van der Waals surface area contributed by atoms with Crippen LogP contribution in [0.2, 0.25) is 0 Å². The van der Waals surface area contributed by atoms with Gasteiger partial charge < -0.3 is 27.9 Å². The van der Waals surface area contributed by atoms with E-state index >= 15 is 0 Å². The lowest BCUT2D eigenvalue weighted by atomic mass is 10.1. The van der Waals surface area contributed by atoms with Gasteiger partial charge >= 0.3 is 11.9 Å². The number of phosphoric ester groups is 1. The Hall–Kier alpha value is -1.51. The molecule has 0 amide bonds. The number of ether oxygens (including phenoxy) is 2. The molecule has 0 aromatic rings. The fourth-order valence-corrected chi connectivity index (χ4v) is 8.08. The third-order valence-corrected chi connectivity index (χ3v) is 12.4. The molecular weight excluding hydrogens is 798 g/mol. The van der Waals surface area contributed by atoms with Gasteiger partial charge in [-0.3, -0.25) is 14.2 Å². The average molecular weight is 898 g/mol. The smallest absolute Gasteiger partial charge is 0.306 e. The average Bonchev–Trinajstić information content (AvgIpc) is 3.23. The van der Waals surface area contributed by atoms with Crippen molar-refractivity contribution in [3.05, 3.63) is 24.3 Å². The van der Waals surface area contributed by atoms with E-state index in [0.717, 1.165) is 51.4 Å². The summed E-state index contributed by atoms with van der Waals surface area (Å²) in [7, 11) is 1.17. The molecule has 366 valence electrons. The van der Waals surface area contributed by atoms with E-state index in [4.69, 9.17) is 18.5 Å². The monoisotopic (exact) mass is 898 g/mol. The van der Waals surface area contributed by atoms with Gasteiger partial charge in [-0.05, 0) is 64.2 Å². The van der Waals surface area contributed by atoms with Crippen LogP contribution in [0.1, 0.15) is 245 Å². The number of carbonyl (C=O) groups excluding carboxylic acids is 2. The number of likely N-dealkylation sites (N-methyl/N-ethyl adjacent to an activating group) is 1. The number of quaternary nitrogens is 1. The summed E-state index contributed by atoms with van der Waals surface area (Å²) in [6.07, 6.45) is 50.6. The summed E-state index contributed by atoms with van der Waals surface area (Å²) in [6, 6.07) is 0. The number of allylic oxidation sites excluding steroid dienone is 4. The molecule has 0 aromatic carbocycles. The first-order chi connectivity index (χ1) is 30.0. The van der Waals surface area contributed by atoms with Crippen LogP contribution < -0.4 is 4.89 Å². The first kappa shape index (κ1) is 60.5. The minimum absolute atomic E-state index is 0.0303. The predicted octanol–water partition coefficient (Wildman–Crippen LogP) is 14.8. The summed E-state index contributed by atoms with van der Waals surface area (Å²) in [6.45, 7) is 4.25. The number of nitrogens with zero attached hydrogens (tertiary/aromatic N) is 1. The number of hydrogen-bond acceptors (Lipinski definition) is 8. The largest absolute Gasteiger partial charge is 0.756 e. The Balaban J connectivity index is 4.23. The molecule has 9 nitrogen and oxygen atoms in total. The second-order valence-corrected chi connectivity index (χ2v) is 20.3. The fraction of sp³-hybridized carbons (Fsp3) is 0.885. The molecule has 62 heavy (non-hydrogen) atoms. The molecule has 0 spiro atoms. The molecule has 0 saturated heterocycles. The van der Waals surface area contributed by atoms with E-state index in [1.54, 1.807) is 0 Å². The van der Waals surface area contributed by atoms with E-state index in [1.165, 1.54) is 161 Å². The van der Waals surface area contributed by atoms with Crippen molar-refractivity contribution in [1.29, 1.82) is 0 Å². The second-order valence-electron chi connectivity index (χ2n) is 18.9. The van der Waals surface area contributed by atoms with Crippen molar-refractivity contribution in [3.63, 3.8) is 0 Å². The molecule has 0 fully saturated rings. The Labute approximate surface area is 383 Å². The van der Waals surface area contributed by atoms with Gasteiger partial charge in [0, 0.05) is 12.8 Å². The van der Waals surface area contributed by atoms with Crippen molar-refractivity contribution in [2.24, 2.45) is 0 Å². The lowest BCUT2D eigenvalue weighted by Crippen LogP contribution is -2.37. The van der Waals surface area contributed by atoms with E-state index < -0.39 is 26.5 Å². The van der Waals surface area contributed by atoms with Gasteiger partial charge in [0.15, 0.2) is 6.10 Å². The maximum Gasteiger partial charge on any atom is 0.306 e. The highest BCUT2D eigenvalue weighted by Crippen LogP contribution is 2.38. The van der Waals surface area contributed by atoms with Gasteiger partial charge in [-0.2, -0.15) is 0 Å². The quantitative estimate of drug-likeness (QED) is 0.0195. The van der Waals surface area contributed by atoms with Crippen molar-refractivity contribution in [2.75, 3.05) is 47.5 Å². The van der Waals surface area contributed by atoms with Gasteiger partial charge in [0.25, 0.3) is 7.82 Å². The van der Waals surface area contributed by atoms with E-state index in [9.17, 15) is 19.0 Å². The number of esters is 2. The molecule has 0 aliphatic heterocycles. The highest BCUT2D eigenvalue weighted by molar-refractivity contribution is 7.45. The van der Waals surface area contributed by atoms with Gasteiger partial charge in [0.05, 0.1) is 27.7 Å². The third-order valence-electron chi connectivity index (χ3n) is 11.4. The third kappa shape index (κ3) is 48.0. The topological polar surface area (TPSA) is 111 Å². The number of carbonyl (C=O) groups is 2. The van der Waals surface area contributed by atoms with Crippen LogP contribution in [0.3, 0.4) is 0 Å².